The third-order valence-electron chi connectivity index (χ3n) is 4.57. The van der Waals surface area contributed by atoms with Crippen molar-refractivity contribution in [3.05, 3.63) is 66.5 Å². The minimum absolute atomic E-state index is 0.0638. The van der Waals surface area contributed by atoms with Crippen molar-refractivity contribution in [2.45, 2.75) is 26.2 Å². The number of sulfone groups is 1. The number of hydrogen-bond acceptors (Lipinski definition) is 6. The summed E-state index contributed by atoms with van der Waals surface area (Å²) in [5.74, 6) is -2.05. The van der Waals surface area contributed by atoms with Crippen molar-refractivity contribution in [1.82, 2.24) is 25.6 Å². The van der Waals surface area contributed by atoms with Crippen LogP contribution in [0.15, 0.2) is 60.7 Å². The molecule has 3 aromatic rings. The van der Waals surface area contributed by atoms with Gasteiger partial charge in [0, 0.05) is 5.56 Å². The van der Waals surface area contributed by atoms with Crippen LogP contribution < -0.4 is 10.9 Å². The summed E-state index contributed by atoms with van der Waals surface area (Å²) in [6, 6.07) is 18.4. The molecule has 9 nitrogen and oxygen atoms in total. The number of unbranched alkanes of at least 4 members (excludes halogenated alkanes) is 2. The fraction of sp³-hybridized carbons (Fsp3) is 0.273. The van der Waals surface area contributed by atoms with E-state index in [0.29, 0.717) is 17.9 Å². The predicted octanol–water partition coefficient (Wildman–Crippen LogP) is 2.30. The topological polar surface area (TPSA) is 123 Å². The fourth-order valence-electron chi connectivity index (χ4n) is 2.99. The second kappa shape index (κ2) is 10.7. The van der Waals surface area contributed by atoms with Gasteiger partial charge in [-0.25, -0.2) is 18.1 Å². The summed E-state index contributed by atoms with van der Waals surface area (Å²) < 4.78 is 25.5. The van der Waals surface area contributed by atoms with Crippen LogP contribution in [-0.2, 0) is 14.6 Å². The van der Waals surface area contributed by atoms with E-state index in [4.69, 9.17) is 0 Å². The minimum Gasteiger partial charge on any atom is -0.272 e. The number of hydrazine groups is 1. The maximum absolute atomic E-state index is 12.5. The third kappa shape index (κ3) is 6.24. The van der Waals surface area contributed by atoms with Gasteiger partial charge in [-0.05, 0) is 18.6 Å². The summed E-state index contributed by atoms with van der Waals surface area (Å²) in [6.07, 6.45) is 2.16. The van der Waals surface area contributed by atoms with E-state index in [2.05, 4.69) is 20.9 Å². The maximum Gasteiger partial charge on any atom is 0.309 e. The minimum atomic E-state index is -3.54. The number of nitrogens with zero attached hydrogens (tertiary/aromatic N) is 3. The number of hydrogen-bond donors (Lipinski definition) is 2. The van der Waals surface area contributed by atoms with E-state index in [0.717, 1.165) is 18.4 Å². The molecule has 0 spiro atoms. The largest absolute Gasteiger partial charge is 0.309 e. The normalized spacial score (nSPS) is 11.2. The third-order valence-corrected chi connectivity index (χ3v) is 6.18. The first kappa shape index (κ1) is 23.1. The first-order valence-electron chi connectivity index (χ1n) is 10.3. The molecular formula is C22H25N5O4S. The van der Waals surface area contributed by atoms with E-state index < -0.39 is 27.4 Å². The Labute approximate surface area is 186 Å². The van der Waals surface area contributed by atoms with Crippen LogP contribution in [0.25, 0.3) is 17.1 Å². The number of carbonyl (C=O) groups excluding carboxylic acids is 2. The Morgan fingerprint density at radius 2 is 1.59 bits per heavy atom. The molecule has 0 radical (unpaired) electrons. The van der Waals surface area contributed by atoms with Crippen LogP contribution in [-0.4, -0.2) is 46.5 Å². The Balaban J connectivity index is 1.72. The average molecular weight is 456 g/mol. The average Bonchev–Trinajstić information content (AvgIpc) is 3.24. The summed E-state index contributed by atoms with van der Waals surface area (Å²) in [7, 11) is -3.54. The lowest BCUT2D eigenvalue weighted by Gasteiger charge is -2.06. The SMILES string of the molecule is CCCCCS(=O)(=O)CC(=O)NNC(=O)c1nc(-c2ccccc2)n(-c2ccccc2)n1. The second-order valence-electron chi connectivity index (χ2n) is 7.17. The first-order chi connectivity index (χ1) is 15.4. The lowest BCUT2D eigenvalue weighted by atomic mass is 10.2. The second-order valence-corrected chi connectivity index (χ2v) is 9.36. The maximum atomic E-state index is 12.5. The van der Waals surface area contributed by atoms with E-state index in [1.54, 1.807) is 0 Å². The van der Waals surface area contributed by atoms with Crippen LogP contribution in [0.5, 0.6) is 0 Å². The van der Waals surface area contributed by atoms with E-state index in [-0.39, 0.29) is 11.6 Å². The van der Waals surface area contributed by atoms with Crippen LogP contribution in [0, 0.1) is 0 Å². The van der Waals surface area contributed by atoms with Crippen molar-refractivity contribution in [3.8, 4) is 17.1 Å². The standard InChI is InChI=1S/C22H25N5O4S/c1-2-3-10-15-32(30,31)16-19(28)24-25-22(29)20-23-21(17-11-6-4-7-12-17)27(26-20)18-13-8-5-9-14-18/h4-9,11-14H,2-3,10,15-16H2,1H3,(H,24,28)(H,25,29). The molecule has 10 heteroatoms. The van der Waals surface area contributed by atoms with Gasteiger partial charge in [-0.15, -0.1) is 5.10 Å². The molecule has 1 aromatic heterocycles. The summed E-state index contributed by atoms with van der Waals surface area (Å²) in [5.41, 5.74) is 5.78. The molecule has 168 valence electrons. The van der Waals surface area contributed by atoms with Gasteiger partial charge >= 0.3 is 5.91 Å². The molecule has 32 heavy (non-hydrogen) atoms. The summed E-state index contributed by atoms with van der Waals surface area (Å²) >= 11 is 0. The Morgan fingerprint density at radius 1 is 0.938 bits per heavy atom. The first-order valence-corrected chi connectivity index (χ1v) is 12.1. The summed E-state index contributed by atoms with van der Waals surface area (Å²) in [6.45, 7) is 1.96. The van der Waals surface area contributed by atoms with E-state index in [9.17, 15) is 18.0 Å². The predicted molar refractivity (Wildman–Crippen MR) is 121 cm³/mol. The zero-order valence-electron chi connectivity index (χ0n) is 17.7. The molecule has 2 aromatic carbocycles. The zero-order chi connectivity index (χ0) is 23.0. The lowest BCUT2D eigenvalue weighted by molar-refractivity contribution is -0.119. The highest BCUT2D eigenvalue weighted by Gasteiger charge is 2.21. The van der Waals surface area contributed by atoms with Crippen molar-refractivity contribution in [2.75, 3.05) is 11.5 Å². The number of nitrogens with one attached hydrogen (secondary N) is 2. The molecule has 0 saturated carbocycles. The lowest BCUT2D eigenvalue weighted by Crippen LogP contribution is -2.44. The van der Waals surface area contributed by atoms with Gasteiger partial charge in [0.05, 0.1) is 11.4 Å². The number of para-hydroxylation sites is 1. The number of amides is 2. The van der Waals surface area contributed by atoms with Crippen LogP contribution in [0.4, 0.5) is 0 Å². The molecule has 0 aliphatic carbocycles. The zero-order valence-corrected chi connectivity index (χ0v) is 18.5. The Hall–Kier alpha value is -3.53. The van der Waals surface area contributed by atoms with Gasteiger partial charge < -0.3 is 0 Å². The summed E-state index contributed by atoms with van der Waals surface area (Å²) in [5, 5.41) is 4.28. The number of carbonyl (C=O) groups is 2. The number of rotatable bonds is 9. The molecule has 0 unspecified atom stereocenters. The number of benzene rings is 2. The molecule has 2 N–H and O–H groups in total. The van der Waals surface area contributed by atoms with Crippen LogP contribution in [0.3, 0.4) is 0 Å². The molecule has 3 rings (SSSR count). The molecule has 0 bridgehead atoms. The Bertz CT molecular complexity index is 1100. The van der Waals surface area contributed by atoms with Gasteiger partial charge in [0.1, 0.15) is 5.75 Å². The molecule has 0 aliphatic rings. The van der Waals surface area contributed by atoms with E-state index >= 15 is 0 Å². The van der Waals surface area contributed by atoms with Crippen molar-refractivity contribution in [2.24, 2.45) is 0 Å². The highest BCUT2D eigenvalue weighted by atomic mass is 32.2. The van der Waals surface area contributed by atoms with Crippen LogP contribution in [0.2, 0.25) is 0 Å². The van der Waals surface area contributed by atoms with Gasteiger partial charge in [0.25, 0.3) is 5.91 Å². The van der Waals surface area contributed by atoms with Gasteiger partial charge in [-0.2, -0.15) is 0 Å². The Morgan fingerprint density at radius 3 is 2.25 bits per heavy atom. The van der Waals surface area contributed by atoms with E-state index in [1.165, 1.54) is 4.68 Å². The molecule has 0 aliphatic heterocycles. The summed E-state index contributed by atoms with van der Waals surface area (Å²) in [4.78, 5) is 28.9. The molecular weight excluding hydrogens is 430 g/mol. The van der Waals surface area contributed by atoms with E-state index in [1.807, 2.05) is 67.6 Å². The monoisotopic (exact) mass is 455 g/mol. The molecule has 0 saturated heterocycles. The van der Waals surface area contributed by atoms with Gasteiger partial charge in [0.15, 0.2) is 15.7 Å². The smallest absolute Gasteiger partial charge is 0.272 e. The Kier molecular flexibility index (Phi) is 7.72. The van der Waals surface area contributed by atoms with Crippen molar-refractivity contribution < 1.29 is 18.0 Å². The highest BCUT2D eigenvalue weighted by molar-refractivity contribution is 7.92. The molecule has 0 fully saturated rings. The van der Waals surface area contributed by atoms with Gasteiger partial charge in [-0.3, -0.25) is 20.4 Å². The fourth-order valence-corrected chi connectivity index (χ4v) is 4.25. The van der Waals surface area contributed by atoms with Crippen molar-refractivity contribution in [1.29, 1.82) is 0 Å². The van der Waals surface area contributed by atoms with Crippen LogP contribution in [0.1, 0.15) is 36.8 Å². The molecule has 2 amide bonds. The van der Waals surface area contributed by atoms with Crippen molar-refractivity contribution in [3.63, 3.8) is 0 Å². The van der Waals surface area contributed by atoms with Crippen LogP contribution >= 0.6 is 0 Å². The number of aromatic nitrogens is 3. The highest BCUT2D eigenvalue weighted by Crippen LogP contribution is 2.20. The van der Waals surface area contributed by atoms with Gasteiger partial charge in [-0.1, -0.05) is 68.3 Å². The molecule has 1 heterocycles. The van der Waals surface area contributed by atoms with Gasteiger partial charge in [0.2, 0.25) is 5.82 Å². The molecule has 0 atom stereocenters. The quantitative estimate of drug-likeness (QED) is 0.377. The van der Waals surface area contributed by atoms with Crippen molar-refractivity contribution >= 4 is 21.7 Å².